The number of nitrogens with one attached hydrogen (secondary N) is 1. The van der Waals surface area contributed by atoms with Gasteiger partial charge in [-0.3, -0.25) is 9.59 Å². The van der Waals surface area contributed by atoms with E-state index in [4.69, 9.17) is 4.74 Å². The predicted octanol–water partition coefficient (Wildman–Crippen LogP) is 21.1. The van der Waals surface area contributed by atoms with E-state index in [1.807, 2.05) is 0 Å². The first-order chi connectivity index (χ1) is 36.5. The molecule has 0 aliphatic carbocycles. The lowest BCUT2D eigenvalue weighted by molar-refractivity contribution is -0.143. The van der Waals surface area contributed by atoms with E-state index >= 15 is 0 Å². The van der Waals surface area contributed by atoms with Gasteiger partial charge in [-0.05, 0) is 83.5 Å². The molecule has 436 valence electrons. The summed E-state index contributed by atoms with van der Waals surface area (Å²) < 4.78 is 5.50. The van der Waals surface area contributed by atoms with E-state index in [1.165, 1.54) is 276 Å². The van der Waals surface area contributed by atoms with Crippen molar-refractivity contribution in [1.82, 2.24) is 5.32 Å². The van der Waals surface area contributed by atoms with Gasteiger partial charge in [0.2, 0.25) is 5.91 Å². The molecule has 0 radical (unpaired) electrons. The molecule has 0 aliphatic heterocycles. The van der Waals surface area contributed by atoms with Gasteiger partial charge in [-0.2, -0.15) is 0 Å². The number of hydrogen-bond acceptors (Lipinski definition) is 5. The van der Waals surface area contributed by atoms with Crippen LogP contribution in [0.25, 0.3) is 0 Å². The maximum Gasteiger partial charge on any atom is 0.305 e. The van der Waals surface area contributed by atoms with E-state index in [1.54, 1.807) is 0 Å². The van der Waals surface area contributed by atoms with Gasteiger partial charge in [0.1, 0.15) is 0 Å². The number of ether oxygens (including phenoxy) is 1. The fourth-order valence-electron chi connectivity index (χ4n) is 10.3. The van der Waals surface area contributed by atoms with Crippen LogP contribution < -0.4 is 5.32 Å². The van der Waals surface area contributed by atoms with Gasteiger partial charge in [-0.15, -0.1) is 0 Å². The van der Waals surface area contributed by atoms with Crippen molar-refractivity contribution in [2.45, 2.75) is 373 Å². The van der Waals surface area contributed by atoms with Crippen LogP contribution in [0, 0.1) is 0 Å². The topological polar surface area (TPSA) is 95.9 Å². The van der Waals surface area contributed by atoms with Crippen molar-refractivity contribution in [2.24, 2.45) is 0 Å². The Balaban J connectivity index is 3.39. The fraction of sp³-hybridized carbons (Fsp3) is 0.882. The number of aliphatic hydroxyl groups is 2. The van der Waals surface area contributed by atoms with Crippen LogP contribution in [0.4, 0.5) is 0 Å². The Morgan fingerprint density at radius 3 is 1.04 bits per heavy atom. The highest BCUT2D eigenvalue weighted by molar-refractivity contribution is 5.76. The highest BCUT2D eigenvalue weighted by Gasteiger charge is 2.20. The summed E-state index contributed by atoms with van der Waals surface area (Å²) in [5, 5.41) is 23.2. The lowest BCUT2D eigenvalue weighted by atomic mass is 10.0. The first kappa shape index (κ1) is 72.1. The van der Waals surface area contributed by atoms with Crippen LogP contribution in [-0.4, -0.2) is 47.4 Å². The highest BCUT2D eigenvalue weighted by Crippen LogP contribution is 2.18. The van der Waals surface area contributed by atoms with Crippen molar-refractivity contribution < 1.29 is 24.5 Å². The summed E-state index contributed by atoms with van der Waals surface area (Å²) in [5.74, 6) is -0.0298. The van der Waals surface area contributed by atoms with Gasteiger partial charge in [0.25, 0.3) is 0 Å². The first-order valence-electron chi connectivity index (χ1n) is 33.2. The maximum absolute atomic E-state index is 12.5. The Kier molecular flexibility index (Phi) is 62.0. The van der Waals surface area contributed by atoms with Crippen molar-refractivity contribution in [3.8, 4) is 0 Å². The first-order valence-corrected chi connectivity index (χ1v) is 33.2. The van der Waals surface area contributed by atoms with Crippen molar-refractivity contribution in [1.29, 1.82) is 0 Å². The molecule has 0 heterocycles. The van der Waals surface area contributed by atoms with Crippen LogP contribution in [0.5, 0.6) is 0 Å². The van der Waals surface area contributed by atoms with E-state index in [0.29, 0.717) is 25.9 Å². The Hall–Kier alpha value is -1.92. The number of carbonyl (C=O) groups excluding carboxylic acids is 2. The molecule has 3 N–H and O–H groups in total. The predicted molar refractivity (Wildman–Crippen MR) is 324 cm³/mol. The number of unbranched alkanes of at least 4 members (excludes halogenated alkanes) is 45. The molecule has 0 aromatic carbocycles. The molecular formula is C68H129NO5. The summed E-state index contributed by atoms with van der Waals surface area (Å²) in [6, 6.07) is -0.543. The number of amides is 1. The van der Waals surface area contributed by atoms with Crippen molar-refractivity contribution in [3.63, 3.8) is 0 Å². The maximum atomic E-state index is 12.5. The smallest absolute Gasteiger partial charge is 0.305 e. The molecule has 1 amide bonds. The molecule has 6 nitrogen and oxygen atoms in total. The number of allylic oxidation sites excluding steroid dienone is 6. The van der Waals surface area contributed by atoms with Crippen molar-refractivity contribution in [3.05, 3.63) is 36.5 Å². The van der Waals surface area contributed by atoms with Crippen LogP contribution in [-0.2, 0) is 14.3 Å². The molecule has 74 heavy (non-hydrogen) atoms. The zero-order chi connectivity index (χ0) is 53.6. The third-order valence-corrected chi connectivity index (χ3v) is 15.4. The van der Waals surface area contributed by atoms with Gasteiger partial charge in [-0.25, -0.2) is 0 Å². The van der Waals surface area contributed by atoms with Crippen LogP contribution >= 0.6 is 0 Å². The molecule has 0 fully saturated rings. The van der Waals surface area contributed by atoms with Crippen molar-refractivity contribution in [2.75, 3.05) is 13.2 Å². The minimum atomic E-state index is -0.665. The van der Waals surface area contributed by atoms with Crippen LogP contribution in [0.1, 0.15) is 361 Å². The number of aliphatic hydroxyl groups excluding tert-OH is 2. The third-order valence-electron chi connectivity index (χ3n) is 15.4. The average molecular weight is 1040 g/mol. The van der Waals surface area contributed by atoms with Gasteiger partial charge < -0.3 is 20.3 Å². The molecule has 0 bridgehead atoms. The summed E-state index contributed by atoms with van der Waals surface area (Å²) in [6.07, 6.45) is 80.3. The lowest BCUT2D eigenvalue weighted by Crippen LogP contribution is -2.45. The number of hydrogen-bond donors (Lipinski definition) is 3. The lowest BCUT2D eigenvalue weighted by Gasteiger charge is -2.22. The minimum absolute atomic E-state index is 0.00795. The third kappa shape index (κ3) is 59.3. The fourth-order valence-corrected chi connectivity index (χ4v) is 10.3. The standard InChI is InChI=1S/C68H129NO5/c1-3-5-7-9-11-13-15-17-18-19-32-35-38-42-46-50-54-58-62-68(73)74-63-59-55-51-47-43-39-36-33-30-28-26-24-22-20-21-23-25-27-29-31-34-37-41-45-49-53-57-61-67(72)69-65(64-70)66(71)60-56-52-48-44-40-16-14-12-10-8-6-4-2/h18-21,24,26,65-66,70-71H,3-17,22-23,25,27-64H2,1-2H3,(H,69,72)/b19-18-,21-20-,26-24-. The summed E-state index contributed by atoms with van der Waals surface area (Å²) in [7, 11) is 0. The molecule has 0 saturated carbocycles. The van der Waals surface area contributed by atoms with E-state index in [9.17, 15) is 19.8 Å². The van der Waals surface area contributed by atoms with Crippen LogP contribution in [0.2, 0.25) is 0 Å². The molecule has 0 aliphatic rings. The number of carbonyl (C=O) groups is 2. The monoisotopic (exact) mass is 1040 g/mol. The van der Waals surface area contributed by atoms with E-state index in [2.05, 4.69) is 55.6 Å². The molecule has 0 rings (SSSR count). The van der Waals surface area contributed by atoms with Gasteiger partial charge in [0.05, 0.1) is 25.4 Å². The largest absolute Gasteiger partial charge is 0.466 e. The molecule has 6 heteroatoms. The zero-order valence-corrected chi connectivity index (χ0v) is 49.8. The second-order valence-corrected chi connectivity index (χ2v) is 22.8. The van der Waals surface area contributed by atoms with Gasteiger partial charge in [0.15, 0.2) is 0 Å². The van der Waals surface area contributed by atoms with Gasteiger partial charge in [-0.1, -0.05) is 301 Å². The molecule has 0 aromatic rings. The van der Waals surface area contributed by atoms with E-state index in [0.717, 1.165) is 51.4 Å². The molecule has 0 saturated heterocycles. The molecule has 0 aromatic heterocycles. The summed E-state index contributed by atoms with van der Waals surface area (Å²) in [4.78, 5) is 24.6. The normalized spacial score (nSPS) is 12.8. The van der Waals surface area contributed by atoms with E-state index in [-0.39, 0.29) is 18.5 Å². The van der Waals surface area contributed by atoms with Crippen molar-refractivity contribution >= 4 is 11.9 Å². The SMILES string of the molecule is CCCCCCCCC/C=C\CCCCCCCCCC(=O)OCCCCCCCCCCC/C=C\C/C=C\CCCCCCCCCCCCCC(=O)NC(CO)C(O)CCCCCCCCCCCCCC. The quantitative estimate of drug-likeness (QED) is 0.0320. The zero-order valence-electron chi connectivity index (χ0n) is 49.8. The highest BCUT2D eigenvalue weighted by atomic mass is 16.5. The Labute approximate surface area is 462 Å². The Bertz CT molecular complexity index is 1200. The summed E-state index contributed by atoms with van der Waals surface area (Å²) in [6.45, 7) is 4.96. The average Bonchev–Trinajstić information content (AvgIpc) is 3.40. The molecule has 2 atom stereocenters. The summed E-state index contributed by atoms with van der Waals surface area (Å²) >= 11 is 0. The molecule has 2 unspecified atom stereocenters. The van der Waals surface area contributed by atoms with Crippen LogP contribution in [0.3, 0.4) is 0 Å². The number of rotatable bonds is 62. The molecule has 0 spiro atoms. The number of esters is 1. The van der Waals surface area contributed by atoms with Gasteiger partial charge >= 0.3 is 5.97 Å². The van der Waals surface area contributed by atoms with E-state index < -0.39 is 12.1 Å². The van der Waals surface area contributed by atoms with Crippen LogP contribution in [0.15, 0.2) is 36.5 Å². The van der Waals surface area contributed by atoms with Gasteiger partial charge in [0, 0.05) is 12.8 Å². The summed E-state index contributed by atoms with van der Waals surface area (Å²) in [5.41, 5.74) is 0. The Morgan fingerprint density at radius 1 is 0.378 bits per heavy atom. The second-order valence-electron chi connectivity index (χ2n) is 22.8. The minimum Gasteiger partial charge on any atom is -0.466 e. The molecular weight excluding hydrogens is 911 g/mol. The Morgan fingerprint density at radius 2 is 0.676 bits per heavy atom. The second kappa shape index (κ2) is 63.6.